The van der Waals surface area contributed by atoms with Crippen molar-refractivity contribution in [3.63, 3.8) is 0 Å². The molecular formula is C15H24Cl2N4O2. The van der Waals surface area contributed by atoms with E-state index in [1.165, 1.54) is 0 Å². The number of aromatic nitrogens is 1. The molecule has 1 saturated heterocycles. The van der Waals surface area contributed by atoms with E-state index >= 15 is 0 Å². The number of carbonyl (C=O) groups excluding carboxylic acids is 2. The first kappa shape index (κ1) is 21.6. The van der Waals surface area contributed by atoms with Gasteiger partial charge in [0.1, 0.15) is 5.82 Å². The Morgan fingerprint density at radius 1 is 1.39 bits per heavy atom. The monoisotopic (exact) mass is 362 g/mol. The molecule has 23 heavy (non-hydrogen) atoms. The van der Waals surface area contributed by atoms with Crippen LogP contribution >= 0.6 is 24.8 Å². The Morgan fingerprint density at radius 2 is 2.09 bits per heavy atom. The molecule has 3 N–H and O–H groups in total. The molecule has 0 bridgehead atoms. The standard InChI is InChI=1S/C15H22N4O2.2ClH/c1-10-5-6-13(17-8-10)18-14(20)12-4-3-7-19(9-12)15(21)11(2)16;;/h5-6,8,11-12H,3-4,7,9,16H2,1-2H3,(H,17,18,20);2*1H/t11-,12?;;/m1../s1. The van der Waals surface area contributed by atoms with E-state index in [-0.39, 0.29) is 42.5 Å². The van der Waals surface area contributed by atoms with Crippen LogP contribution in [0.3, 0.4) is 0 Å². The predicted octanol–water partition coefficient (Wildman–Crippen LogP) is 1.76. The molecule has 8 heteroatoms. The van der Waals surface area contributed by atoms with Gasteiger partial charge in [0.05, 0.1) is 12.0 Å². The van der Waals surface area contributed by atoms with Crippen molar-refractivity contribution in [1.82, 2.24) is 9.88 Å². The third-order valence-electron chi connectivity index (χ3n) is 3.66. The first-order valence-electron chi connectivity index (χ1n) is 7.25. The summed E-state index contributed by atoms with van der Waals surface area (Å²) in [6.07, 6.45) is 3.31. The predicted molar refractivity (Wildman–Crippen MR) is 95.1 cm³/mol. The molecule has 0 saturated carbocycles. The third-order valence-corrected chi connectivity index (χ3v) is 3.66. The SMILES string of the molecule is Cc1ccc(NC(=O)C2CCCN(C(=O)[C@@H](C)N)C2)nc1.Cl.Cl. The minimum atomic E-state index is -0.523. The Hall–Kier alpha value is -1.37. The fraction of sp³-hybridized carbons (Fsp3) is 0.533. The molecule has 0 spiro atoms. The molecule has 2 atom stereocenters. The number of anilines is 1. The number of halogens is 2. The minimum Gasteiger partial charge on any atom is -0.341 e. The van der Waals surface area contributed by atoms with E-state index in [9.17, 15) is 9.59 Å². The summed E-state index contributed by atoms with van der Waals surface area (Å²) in [5.41, 5.74) is 6.67. The summed E-state index contributed by atoms with van der Waals surface area (Å²) < 4.78 is 0. The zero-order valence-electron chi connectivity index (χ0n) is 13.3. The lowest BCUT2D eigenvalue weighted by Crippen LogP contribution is -2.48. The second-order valence-electron chi connectivity index (χ2n) is 5.62. The molecule has 1 aliphatic rings. The van der Waals surface area contributed by atoms with Crippen LogP contribution in [0.2, 0.25) is 0 Å². The summed E-state index contributed by atoms with van der Waals surface area (Å²) in [5, 5.41) is 2.81. The number of nitrogens with one attached hydrogen (secondary N) is 1. The quantitative estimate of drug-likeness (QED) is 0.857. The van der Waals surface area contributed by atoms with Gasteiger partial charge in [-0.15, -0.1) is 24.8 Å². The van der Waals surface area contributed by atoms with Gasteiger partial charge in [-0.25, -0.2) is 4.98 Å². The normalized spacial score (nSPS) is 18.2. The number of carbonyl (C=O) groups is 2. The van der Waals surface area contributed by atoms with E-state index in [0.717, 1.165) is 18.4 Å². The maximum Gasteiger partial charge on any atom is 0.239 e. The van der Waals surface area contributed by atoms with E-state index in [1.807, 2.05) is 13.0 Å². The zero-order valence-corrected chi connectivity index (χ0v) is 15.0. The van der Waals surface area contributed by atoms with Crippen LogP contribution in [0.25, 0.3) is 0 Å². The largest absolute Gasteiger partial charge is 0.341 e. The van der Waals surface area contributed by atoms with Crippen molar-refractivity contribution in [2.24, 2.45) is 11.7 Å². The highest BCUT2D eigenvalue weighted by atomic mass is 35.5. The van der Waals surface area contributed by atoms with E-state index in [0.29, 0.717) is 18.9 Å². The van der Waals surface area contributed by atoms with Gasteiger partial charge in [0.2, 0.25) is 11.8 Å². The Balaban J connectivity index is 0.00000242. The first-order chi connectivity index (χ1) is 9.97. The van der Waals surface area contributed by atoms with Crippen molar-refractivity contribution in [2.45, 2.75) is 32.7 Å². The summed E-state index contributed by atoms with van der Waals surface area (Å²) in [5.74, 6) is 0.153. The number of amides is 2. The average Bonchev–Trinajstić information content (AvgIpc) is 2.48. The molecule has 2 amide bonds. The summed E-state index contributed by atoms with van der Waals surface area (Å²) in [4.78, 5) is 30.0. The number of nitrogens with zero attached hydrogens (tertiary/aromatic N) is 2. The number of pyridine rings is 1. The maximum atomic E-state index is 12.3. The molecule has 1 aliphatic heterocycles. The van der Waals surface area contributed by atoms with Crippen molar-refractivity contribution in [3.05, 3.63) is 23.9 Å². The van der Waals surface area contributed by atoms with Crippen LogP contribution in [0, 0.1) is 12.8 Å². The van der Waals surface area contributed by atoms with Gasteiger partial charge >= 0.3 is 0 Å². The Bertz CT molecular complexity index is 523. The molecule has 0 aromatic carbocycles. The van der Waals surface area contributed by atoms with Crippen LogP contribution in [0.1, 0.15) is 25.3 Å². The molecule has 6 nitrogen and oxygen atoms in total. The minimum absolute atomic E-state index is 0. The van der Waals surface area contributed by atoms with Gasteiger partial charge in [0.15, 0.2) is 0 Å². The van der Waals surface area contributed by atoms with Gasteiger partial charge in [-0.05, 0) is 38.3 Å². The van der Waals surface area contributed by atoms with E-state index in [1.54, 1.807) is 24.1 Å². The second kappa shape index (κ2) is 9.70. The van der Waals surface area contributed by atoms with Crippen molar-refractivity contribution >= 4 is 42.4 Å². The highest BCUT2D eigenvalue weighted by Crippen LogP contribution is 2.19. The Kier molecular flexibility index (Phi) is 9.12. The number of rotatable bonds is 3. The summed E-state index contributed by atoms with van der Waals surface area (Å²) in [7, 11) is 0. The number of nitrogens with two attached hydrogens (primary N) is 1. The van der Waals surface area contributed by atoms with Crippen LogP contribution in [0.15, 0.2) is 18.3 Å². The lowest BCUT2D eigenvalue weighted by atomic mass is 9.96. The number of likely N-dealkylation sites (tertiary alicyclic amines) is 1. The molecule has 0 aliphatic carbocycles. The van der Waals surface area contributed by atoms with Crippen molar-refractivity contribution in [1.29, 1.82) is 0 Å². The molecule has 0 radical (unpaired) electrons. The summed E-state index contributed by atoms with van der Waals surface area (Å²) in [6, 6.07) is 3.15. The molecule has 1 fully saturated rings. The van der Waals surface area contributed by atoms with Crippen LogP contribution in [-0.2, 0) is 9.59 Å². The van der Waals surface area contributed by atoms with Crippen LogP contribution in [0.4, 0.5) is 5.82 Å². The van der Waals surface area contributed by atoms with Crippen molar-refractivity contribution in [2.75, 3.05) is 18.4 Å². The molecule has 1 aromatic rings. The zero-order chi connectivity index (χ0) is 15.4. The molecule has 1 aromatic heterocycles. The maximum absolute atomic E-state index is 12.3. The second-order valence-corrected chi connectivity index (χ2v) is 5.62. The molecule has 2 rings (SSSR count). The number of hydrogen-bond donors (Lipinski definition) is 2. The van der Waals surface area contributed by atoms with Gasteiger partial charge in [0, 0.05) is 19.3 Å². The summed E-state index contributed by atoms with van der Waals surface area (Å²) >= 11 is 0. The van der Waals surface area contributed by atoms with Crippen molar-refractivity contribution in [3.8, 4) is 0 Å². The third kappa shape index (κ3) is 5.97. The highest BCUT2D eigenvalue weighted by Gasteiger charge is 2.29. The molecular weight excluding hydrogens is 339 g/mol. The highest BCUT2D eigenvalue weighted by molar-refractivity contribution is 5.92. The van der Waals surface area contributed by atoms with E-state index in [2.05, 4.69) is 10.3 Å². The fourth-order valence-corrected chi connectivity index (χ4v) is 2.45. The van der Waals surface area contributed by atoms with E-state index < -0.39 is 6.04 Å². The smallest absolute Gasteiger partial charge is 0.239 e. The van der Waals surface area contributed by atoms with Gasteiger partial charge in [-0.1, -0.05) is 6.07 Å². The lowest BCUT2D eigenvalue weighted by molar-refractivity contribution is -0.135. The molecule has 2 heterocycles. The first-order valence-corrected chi connectivity index (χ1v) is 7.25. The Morgan fingerprint density at radius 3 is 2.65 bits per heavy atom. The average molecular weight is 363 g/mol. The fourth-order valence-electron chi connectivity index (χ4n) is 2.45. The molecule has 130 valence electrons. The summed E-state index contributed by atoms with van der Waals surface area (Å²) in [6.45, 7) is 4.71. The van der Waals surface area contributed by atoms with Gasteiger partial charge in [-0.3, -0.25) is 9.59 Å². The van der Waals surface area contributed by atoms with Crippen LogP contribution in [-0.4, -0.2) is 40.8 Å². The molecule has 1 unspecified atom stereocenters. The number of hydrogen-bond acceptors (Lipinski definition) is 4. The lowest BCUT2D eigenvalue weighted by Gasteiger charge is -2.33. The van der Waals surface area contributed by atoms with Crippen LogP contribution in [0.5, 0.6) is 0 Å². The number of piperidine rings is 1. The van der Waals surface area contributed by atoms with Gasteiger partial charge in [-0.2, -0.15) is 0 Å². The van der Waals surface area contributed by atoms with Crippen molar-refractivity contribution < 1.29 is 9.59 Å². The van der Waals surface area contributed by atoms with Gasteiger partial charge in [0.25, 0.3) is 0 Å². The van der Waals surface area contributed by atoms with Crippen LogP contribution < -0.4 is 11.1 Å². The number of aryl methyl sites for hydroxylation is 1. The Labute approximate surface area is 149 Å². The van der Waals surface area contributed by atoms with Gasteiger partial charge < -0.3 is 16.0 Å². The topological polar surface area (TPSA) is 88.3 Å². The van der Waals surface area contributed by atoms with E-state index in [4.69, 9.17) is 5.73 Å².